The summed E-state index contributed by atoms with van der Waals surface area (Å²) < 4.78 is 3.86. The molecule has 1 aliphatic carbocycles. The quantitative estimate of drug-likeness (QED) is 0.267. The predicted molar refractivity (Wildman–Crippen MR) is 204 cm³/mol. The van der Waals surface area contributed by atoms with E-state index >= 15 is 0 Å². The van der Waals surface area contributed by atoms with Crippen molar-refractivity contribution in [1.82, 2.24) is 10.6 Å². The topological polar surface area (TPSA) is 122 Å². The van der Waals surface area contributed by atoms with Crippen LogP contribution in [0.3, 0.4) is 0 Å². The van der Waals surface area contributed by atoms with Crippen molar-refractivity contribution in [3.8, 4) is 0 Å². The molecule has 0 bridgehead atoms. The van der Waals surface area contributed by atoms with Gasteiger partial charge in [-0.3, -0.25) is 19.2 Å². The first kappa shape index (κ1) is 58.6. The molecule has 2 amide bonds. The Morgan fingerprint density at radius 3 is 1.22 bits per heavy atom. The van der Waals surface area contributed by atoms with Crippen LogP contribution in [0.1, 0.15) is 119 Å². The van der Waals surface area contributed by atoms with E-state index < -0.39 is 5.97 Å². The third-order valence-corrected chi connectivity index (χ3v) is 7.87. The van der Waals surface area contributed by atoms with E-state index in [2.05, 4.69) is 119 Å². The molecule has 8 nitrogen and oxygen atoms in total. The molecular weight excluding hydrogens is 693 g/mol. The molecule has 0 aromatic heterocycles. The minimum Gasteiger partial charge on any atom is -0.481 e. The van der Waals surface area contributed by atoms with E-state index in [-0.39, 0.29) is 57.4 Å². The molecule has 9 heteroatoms. The number of carboxylic acids is 1. The van der Waals surface area contributed by atoms with Gasteiger partial charge in [-0.15, -0.1) is 0 Å². The van der Waals surface area contributed by atoms with Crippen molar-refractivity contribution in [3.63, 3.8) is 0 Å². The third kappa shape index (κ3) is 31.2. The smallest absolute Gasteiger partial charge is 0.300 e. The largest absolute Gasteiger partial charge is 0.481 e. The number of rotatable bonds is 4. The minimum absolute atomic E-state index is 0. The number of benzene rings is 2. The van der Waals surface area contributed by atoms with E-state index in [0.717, 1.165) is 30.6 Å². The number of carboxylic acid groups (broad SMARTS) is 1. The zero-order chi connectivity index (χ0) is 37.8. The second kappa shape index (κ2) is 35.3. The standard InChI is InChI=1S/C17H20.C10H20.2C3H7NO.2C2H4O2.C2H6.CH4.Y/c1-13-5-9-15(10-6-13)17(3,4)16-11-7-14(2)8-12-16;1-5-10-8(3)6-7(2)9(10)4;2*1-3(5)4-2;1-4-2-3;1-2(3)4;1-2;;/h5-12H,1-4H3;7-10H,5-6H2,1-4H3;2*1-2H3,(H,4,5);2H,1H3;1H3,(H,3,4);1-2H3;1H4;. The van der Waals surface area contributed by atoms with Crippen LogP contribution < -0.4 is 10.6 Å². The van der Waals surface area contributed by atoms with E-state index in [1.165, 1.54) is 56.1 Å². The monoisotopic (exact) mass is 765 g/mol. The Bertz CT molecular complexity index is 1020. The van der Waals surface area contributed by atoms with Gasteiger partial charge in [0.25, 0.3) is 12.4 Å². The Labute approximate surface area is 326 Å². The maximum Gasteiger partial charge on any atom is 0.300 e. The third-order valence-electron chi connectivity index (χ3n) is 7.87. The number of aliphatic carboxylic acids is 1. The van der Waals surface area contributed by atoms with Crippen LogP contribution in [0.15, 0.2) is 48.5 Å². The number of methoxy groups -OCH3 is 1. The molecule has 1 saturated carbocycles. The summed E-state index contributed by atoms with van der Waals surface area (Å²) in [4.78, 5) is 37.4. The van der Waals surface area contributed by atoms with Crippen molar-refractivity contribution in [2.24, 2.45) is 23.7 Å². The van der Waals surface area contributed by atoms with Gasteiger partial charge in [-0.25, -0.2) is 0 Å². The van der Waals surface area contributed by atoms with Gasteiger partial charge in [0.1, 0.15) is 0 Å². The van der Waals surface area contributed by atoms with Crippen LogP contribution in [0.4, 0.5) is 0 Å². The van der Waals surface area contributed by atoms with Crippen LogP contribution in [-0.2, 0) is 62.0 Å². The molecule has 0 saturated heterocycles. The fourth-order valence-electron chi connectivity index (χ4n) is 4.80. The fraction of sp³-hybridized carbons (Fsp3) is 0.600. The van der Waals surface area contributed by atoms with Gasteiger partial charge in [0, 0.05) is 73.0 Å². The molecule has 3 rings (SSSR count). The molecule has 1 aliphatic rings. The number of amides is 2. The van der Waals surface area contributed by atoms with E-state index in [1.54, 1.807) is 14.1 Å². The molecule has 1 fully saturated rings. The van der Waals surface area contributed by atoms with Crippen LogP contribution in [0, 0.1) is 37.5 Å². The van der Waals surface area contributed by atoms with Gasteiger partial charge in [-0.2, -0.15) is 0 Å². The second-order valence-electron chi connectivity index (χ2n) is 11.9. The number of carbonyl (C=O) groups excluding carboxylic acids is 3. The van der Waals surface area contributed by atoms with Crippen molar-refractivity contribution in [3.05, 3.63) is 70.8 Å². The number of carbonyl (C=O) groups is 4. The van der Waals surface area contributed by atoms with Crippen LogP contribution in [0.5, 0.6) is 0 Å². The summed E-state index contributed by atoms with van der Waals surface area (Å²) in [5, 5.41) is 12.2. The Kier molecular flexibility index (Phi) is 42.2. The van der Waals surface area contributed by atoms with Crippen LogP contribution in [0.2, 0.25) is 0 Å². The molecule has 2 aromatic rings. The molecule has 0 heterocycles. The van der Waals surface area contributed by atoms with E-state index in [4.69, 9.17) is 14.7 Å². The van der Waals surface area contributed by atoms with Crippen LogP contribution in [-0.4, -0.2) is 50.6 Å². The first-order chi connectivity index (χ1) is 21.8. The first-order valence-corrected chi connectivity index (χ1v) is 16.5. The summed E-state index contributed by atoms with van der Waals surface area (Å²) in [7, 11) is 4.51. The fourth-order valence-corrected chi connectivity index (χ4v) is 4.80. The Morgan fingerprint density at radius 1 is 0.816 bits per heavy atom. The summed E-state index contributed by atoms with van der Waals surface area (Å²) in [6.45, 7) is 26.8. The number of nitrogens with one attached hydrogen (secondary N) is 2. The number of ether oxygens (including phenoxy) is 1. The molecule has 0 aliphatic heterocycles. The zero-order valence-corrected chi connectivity index (χ0v) is 35.8. The van der Waals surface area contributed by atoms with Gasteiger partial charge in [0.05, 0.1) is 7.11 Å². The maximum atomic E-state index is 9.70. The van der Waals surface area contributed by atoms with Crippen LogP contribution >= 0.6 is 0 Å². The summed E-state index contributed by atoms with van der Waals surface area (Å²) >= 11 is 0. The Morgan fingerprint density at radius 2 is 1.08 bits per heavy atom. The second-order valence-corrected chi connectivity index (χ2v) is 11.9. The average Bonchev–Trinajstić information content (AvgIpc) is 3.28. The maximum absolute atomic E-state index is 9.70. The van der Waals surface area contributed by atoms with Crippen molar-refractivity contribution in [1.29, 1.82) is 0 Å². The van der Waals surface area contributed by atoms with Gasteiger partial charge in [0.2, 0.25) is 11.8 Å². The van der Waals surface area contributed by atoms with Crippen molar-refractivity contribution < 1.29 is 61.7 Å². The predicted octanol–water partition coefficient (Wildman–Crippen LogP) is 9.00. The number of aryl methyl sites for hydroxylation is 2. The molecule has 281 valence electrons. The average molecular weight is 766 g/mol. The van der Waals surface area contributed by atoms with Gasteiger partial charge in [-0.05, 0) is 55.1 Å². The summed E-state index contributed by atoms with van der Waals surface area (Å²) in [5.74, 6) is 3.11. The number of hydrogen-bond acceptors (Lipinski definition) is 5. The number of hydrogen-bond donors (Lipinski definition) is 3. The van der Waals surface area contributed by atoms with Gasteiger partial charge in [0.15, 0.2) is 0 Å². The first-order valence-electron chi connectivity index (χ1n) is 16.5. The Hall–Kier alpha value is -2.58. The normalized spacial score (nSPS) is 16.2. The molecular formula is C40H72N2O6Y. The van der Waals surface area contributed by atoms with Crippen molar-refractivity contribution in [2.75, 3.05) is 21.2 Å². The summed E-state index contributed by atoms with van der Waals surface area (Å²) in [6.07, 6.45) is 2.84. The van der Waals surface area contributed by atoms with Crippen LogP contribution in [0.25, 0.3) is 0 Å². The van der Waals surface area contributed by atoms with Crippen molar-refractivity contribution in [2.45, 2.75) is 116 Å². The summed E-state index contributed by atoms with van der Waals surface area (Å²) in [6, 6.07) is 17.7. The van der Waals surface area contributed by atoms with E-state index in [9.17, 15) is 9.59 Å². The zero-order valence-electron chi connectivity index (χ0n) is 33.0. The van der Waals surface area contributed by atoms with Gasteiger partial charge >= 0.3 is 0 Å². The van der Waals surface area contributed by atoms with Crippen molar-refractivity contribution >= 4 is 24.3 Å². The van der Waals surface area contributed by atoms with Gasteiger partial charge < -0.3 is 20.5 Å². The molecule has 4 unspecified atom stereocenters. The molecule has 1 radical (unpaired) electrons. The SMILES string of the molecule is C.CC.CC(=O)O.CCC1C(C)CC(C)C1C.CNC(C)=O.CNC(C)=O.COC=O.Cc1ccc(C(C)(C)c2ccc(C)cc2)cc1.[Y]. The summed E-state index contributed by atoms with van der Waals surface area (Å²) in [5.41, 5.74) is 5.43. The molecule has 3 N–H and O–H groups in total. The molecule has 0 spiro atoms. The minimum atomic E-state index is -0.833. The Balaban J connectivity index is -0.000000124. The molecule has 4 atom stereocenters. The molecule has 49 heavy (non-hydrogen) atoms. The molecule has 2 aromatic carbocycles. The van der Waals surface area contributed by atoms with Gasteiger partial charge in [-0.1, -0.05) is 129 Å². The van der Waals surface area contributed by atoms with E-state index in [1.807, 2.05) is 13.8 Å². The van der Waals surface area contributed by atoms with E-state index in [0.29, 0.717) is 6.47 Å².